The van der Waals surface area contributed by atoms with Crippen molar-refractivity contribution >= 4 is 18.0 Å². The van der Waals surface area contributed by atoms with Gasteiger partial charge in [-0.05, 0) is 0 Å². The molecule has 0 atom stereocenters. The summed E-state index contributed by atoms with van der Waals surface area (Å²) < 4.78 is 11.2. The Morgan fingerprint density at radius 2 is 2.43 bits per heavy atom. The monoisotopic (exact) mass is 122 g/mol. The maximum Gasteiger partial charge on any atom is 0.129 e. The highest BCUT2D eigenvalue weighted by Crippen LogP contribution is 1.94. The second-order valence-corrected chi connectivity index (χ2v) is 2.08. The van der Waals surface area contributed by atoms with Crippen LogP contribution in [0, 0.1) is 0 Å². The topological polar surface area (TPSA) is 17.1 Å². The van der Waals surface area contributed by atoms with Crippen LogP contribution in [0.4, 0.5) is 4.39 Å². The fourth-order valence-corrected chi connectivity index (χ4v) is 0.558. The first-order valence-electron chi connectivity index (χ1n) is 1.99. The minimum atomic E-state index is -0.335. The van der Waals surface area contributed by atoms with Gasteiger partial charge < -0.3 is 4.79 Å². The Labute approximate surface area is 46.3 Å². The van der Waals surface area contributed by atoms with Gasteiger partial charge in [0.15, 0.2) is 0 Å². The highest BCUT2D eigenvalue weighted by Gasteiger charge is 1.81. The number of hydrogen-bond acceptors (Lipinski definition) is 2. The van der Waals surface area contributed by atoms with E-state index < -0.39 is 0 Å². The number of carbonyl (C=O) groups is 1. The Bertz CT molecular complexity index is 49.0. The van der Waals surface area contributed by atoms with Crippen molar-refractivity contribution in [2.75, 3.05) is 18.2 Å². The summed E-state index contributed by atoms with van der Waals surface area (Å²) in [6.45, 7) is -0.335. The molecule has 0 bridgehead atoms. The standard InChI is InChI=1S/C4H7FOS/c5-1-3-7-4-2-6/h2H,1,3-4H2. The summed E-state index contributed by atoms with van der Waals surface area (Å²) in [5.41, 5.74) is 0. The highest BCUT2D eigenvalue weighted by atomic mass is 32.2. The summed E-state index contributed by atoms with van der Waals surface area (Å²) in [5.74, 6) is 0.864. The summed E-state index contributed by atoms with van der Waals surface area (Å²) in [6.07, 6.45) is 0.778. The molecule has 0 heterocycles. The van der Waals surface area contributed by atoms with Crippen molar-refractivity contribution in [1.29, 1.82) is 0 Å². The van der Waals surface area contributed by atoms with Gasteiger partial charge in [-0.25, -0.2) is 0 Å². The molecule has 3 heteroatoms. The largest absolute Gasteiger partial charge is 0.302 e. The van der Waals surface area contributed by atoms with Crippen molar-refractivity contribution in [3.05, 3.63) is 0 Å². The van der Waals surface area contributed by atoms with E-state index in [0.717, 1.165) is 6.29 Å². The van der Waals surface area contributed by atoms with Gasteiger partial charge in [0.25, 0.3) is 0 Å². The van der Waals surface area contributed by atoms with E-state index in [1.54, 1.807) is 0 Å². The third-order valence-electron chi connectivity index (χ3n) is 0.407. The van der Waals surface area contributed by atoms with Crippen LogP contribution in [0.25, 0.3) is 0 Å². The molecule has 0 aromatic rings. The molecule has 0 amide bonds. The zero-order chi connectivity index (χ0) is 5.54. The molecule has 0 unspecified atom stereocenters. The lowest BCUT2D eigenvalue weighted by Gasteiger charge is -1.84. The number of carbonyl (C=O) groups excluding carboxylic acids is 1. The van der Waals surface area contributed by atoms with Crippen LogP contribution in [0.2, 0.25) is 0 Å². The van der Waals surface area contributed by atoms with Gasteiger partial charge in [0, 0.05) is 11.5 Å². The molecule has 0 rings (SSSR count). The molecule has 0 aromatic heterocycles. The summed E-state index contributed by atoms with van der Waals surface area (Å²) in [5, 5.41) is 0. The molecule has 1 nitrogen and oxygen atoms in total. The van der Waals surface area contributed by atoms with Crippen LogP contribution >= 0.6 is 11.8 Å². The van der Waals surface area contributed by atoms with Crippen molar-refractivity contribution in [2.24, 2.45) is 0 Å². The highest BCUT2D eigenvalue weighted by molar-refractivity contribution is 7.99. The number of alkyl halides is 1. The summed E-state index contributed by atoms with van der Waals surface area (Å²) in [6, 6.07) is 0. The fraction of sp³-hybridized carbons (Fsp3) is 0.750. The van der Waals surface area contributed by atoms with E-state index in [0.29, 0.717) is 11.5 Å². The molecule has 0 saturated carbocycles. The molecular formula is C4H7FOS. The Kier molecular flexibility index (Phi) is 5.91. The zero-order valence-corrected chi connectivity index (χ0v) is 4.71. The lowest BCUT2D eigenvalue weighted by atomic mass is 10.9. The average Bonchev–Trinajstić information content (AvgIpc) is 1.69. The Hall–Kier alpha value is -0.0500. The van der Waals surface area contributed by atoms with Crippen LogP contribution < -0.4 is 0 Å². The summed E-state index contributed by atoms with van der Waals surface area (Å²) in [7, 11) is 0. The maximum absolute atomic E-state index is 11.2. The van der Waals surface area contributed by atoms with E-state index in [-0.39, 0.29) is 6.67 Å². The van der Waals surface area contributed by atoms with Crippen LogP contribution in [0.3, 0.4) is 0 Å². The van der Waals surface area contributed by atoms with Gasteiger partial charge in [0.1, 0.15) is 6.29 Å². The van der Waals surface area contributed by atoms with Crippen LogP contribution in [0.15, 0.2) is 0 Å². The Morgan fingerprint density at radius 1 is 1.71 bits per heavy atom. The molecule has 0 spiro atoms. The molecule has 0 aromatic carbocycles. The molecule has 42 valence electrons. The normalized spacial score (nSPS) is 8.71. The molecule has 7 heavy (non-hydrogen) atoms. The molecular weight excluding hydrogens is 115 g/mol. The van der Waals surface area contributed by atoms with Crippen molar-refractivity contribution in [2.45, 2.75) is 0 Å². The van der Waals surface area contributed by atoms with E-state index in [1.165, 1.54) is 11.8 Å². The van der Waals surface area contributed by atoms with E-state index >= 15 is 0 Å². The third-order valence-corrected chi connectivity index (χ3v) is 1.22. The zero-order valence-electron chi connectivity index (χ0n) is 3.89. The minimum absolute atomic E-state index is 0.335. The van der Waals surface area contributed by atoms with E-state index in [1.807, 2.05) is 0 Å². The first kappa shape index (κ1) is 6.95. The number of hydrogen-bond donors (Lipinski definition) is 0. The smallest absolute Gasteiger partial charge is 0.129 e. The van der Waals surface area contributed by atoms with E-state index in [9.17, 15) is 9.18 Å². The molecule has 0 radical (unpaired) electrons. The Balaban J connectivity index is 2.56. The number of aldehydes is 1. The second kappa shape index (κ2) is 5.95. The van der Waals surface area contributed by atoms with Crippen LogP contribution in [-0.2, 0) is 4.79 Å². The molecule has 0 aliphatic heterocycles. The van der Waals surface area contributed by atoms with Gasteiger partial charge in [0.05, 0.1) is 6.67 Å². The quantitative estimate of drug-likeness (QED) is 0.407. The first-order chi connectivity index (χ1) is 3.41. The maximum atomic E-state index is 11.2. The van der Waals surface area contributed by atoms with Crippen molar-refractivity contribution in [1.82, 2.24) is 0 Å². The minimum Gasteiger partial charge on any atom is -0.302 e. The summed E-state index contributed by atoms with van der Waals surface area (Å²) >= 11 is 1.31. The van der Waals surface area contributed by atoms with Gasteiger partial charge in [0.2, 0.25) is 0 Å². The molecule has 0 aliphatic carbocycles. The van der Waals surface area contributed by atoms with Gasteiger partial charge in [-0.15, -0.1) is 0 Å². The molecule has 0 N–H and O–H groups in total. The number of thioether (sulfide) groups is 1. The predicted octanol–water partition coefficient (Wildman–Crippen LogP) is 0.888. The van der Waals surface area contributed by atoms with Crippen molar-refractivity contribution in [3.8, 4) is 0 Å². The van der Waals surface area contributed by atoms with Gasteiger partial charge in [-0.2, -0.15) is 11.8 Å². The average molecular weight is 122 g/mol. The Morgan fingerprint density at radius 3 is 2.86 bits per heavy atom. The SMILES string of the molecule is O=CCSCCF. The van der Waals surface area contributed by atoms with E-state index in [2.05, 4.69) is 0 Å². The number of halogens is 1. The fourth-order valence-electron chi connectivity index (χ4n) is 0.186. The predicted molar refractivity (Wildman–Crippen MR) is 29.4 cm³/mol. The second-order valence-electron chi connectivity index (χ2n) is 0.931. The summed E-state index contributed by atoms with van der Waals surface area (Å²) in [4.78, 5) is 9.54. The van der Waals surface area contributed by atoms with E-state index in [4.69, 9.17) is 0 Å². The lowest BCUT2D eigenvalue weighted by molar-refractivity contribution is -0.105. The lowest BCUT2D eigenvalue weighted by Crippen LogP contribution is -1.83. The van der Waals surface area contributed by atoms with Crippen molar-refractivity contribution in [3.63, 3.8) is 0 Å². The van der Waals surface area contributed by atoms with Crippen LogP contribution in [0.5, 0.6) is 0 Å². The van der Waals surface area contributed by atoms with Crippen LogP contribution in [0.1, 0.15) is 0 Å². The van der Waals surface area contributed by atoms with Gasteiger partial charge in [-0.3, -0.25) is 4.39 Å². The molecule has 0 fully saturated rings. The molecule has 0 aliphatic rings. The number of rotatable bonds is 4. The molecule has 0 saturated heterocycles. The van der Waals surface area contributed by atoms with Crippen molar-refractivity contribution < 1.29 is 9.18 Å². The van der Waals surface area contributed by atoms with Crippen LogP contribution in [-0.4, -0.2) is 24.5 Å². The third kappa shape index (κ3) is 5.95. The van der Waals surface area contributed by atoms with Gasteiger partial charge >= 0.3 is 0 Å². The first-order valence-corrected chi connectivity index (χ1v) is 3.14. The van der Waals surface area contributed by atoms with Gasteiger partial charge in [-0.1, -0.05) is 0 Å².